The minimum absolute atomic E-state index is 0.118. The zero-order valence-corrected chi connectivity index (χ0v) is 11.2. The molecular formula is C15H20N2O. The number of likely N-dealkylation sites (N-methyl/N-ethyl adjacent to an activating group) is 1. The molecule has 3 nitrogen and oxygen atoms in total. The van der Waals surface area contributed by atoms with E-state index < -0.39 is 0 Å². The number of benzene rings is 1. The second-order valence-electron chi connectivity index (χ2n) is 4.44. The van der Waals surface area contributed by atoms with Crippen LogP contribution in [0.3, 0.4) is 0 Å². The van der Waals surface area contributed by atoms with Crippen molar-refractivity contribution >= 4 is 10.9 Å². The molecule has 1 aromatic carbocycles. The van der Waals surface area contributed by atoms with Crippen LogP contribution in [0.5, 0.6) is 0 Å². The third-order valence-electron chi connectivity index (χ3n) is 3.24. The largest absolute Gasteiger partial charge is 0.380 e. The van der Waals surface area contributed by atoms with Gasteiger partial charge in [0.05, 0.1) is 17.7 Å². The van der Waals surface area contributed by atoms with E-state index in [1.807, 2.05) is 24.4 Å². The molecule has 0 aliphatic rings. The maximum atomic E-state index is 5.44. The summed E-state index contributed by atoms with van der Waals surface area (Å²) in [5.41, 5.74) is 2.20. The summed E-state index contributed by atoms with van der Waals surface area (Å²) in [6.07, 6.45) is 2.05. The highest BCUT2D eigenvalue weighted by atomic mass is 16.5. The van der Waals surface area contributed by atoms with Crippen molar-refractivity contribution < 1.29 is 4.74 Å². The molecule has 96 valence electrons. The maximum absolute atomic E-state index is 5.44. The van der Waals surface area contributed by atoms with Gasteiger partial charge in [0.2, 0.25) is 0 Å². The molecule has 2 atom stereocenters. The summed E-state index contributed by atoms with van der Waals surface area (Å²) in [5, 5.41) is 4.62. The Morgan fingerprint density at radius 3 is 2.83 bits per heavy atom. The smallest absolute Gasteiger partial charge is 0.0738 e. The molecule has 1 N–H and O–H groups in total. The zero-order chi connectivity index (χ0) is 13.0. The molecule has 0 amide bonds. The number of para-hydroxylation sites is 1. The molecule has 2 unspecified atom stereocenters. The molecule has 0 spiro atoms. The SMILES string of the molecule is CCNC(c1cnc2ccccc2c1)C(C)OC. The van der Waals surface area contributed by atoms with Crippen LogP contribution in [0.4, 0.5) is 0 Å². The Morgan fingerprint density at radius 2 is 2.11 bits per heavy atom. The van der Waals surface area contributed by atoms with Crippen molar-refractivity contribution in [3.05, 3.63) is 42.1 Å². The van der Waals surface area contributed by atoms with Gasteiger partial charge in [0.1, 0.15) is 0 Å². The van der Waals surface area contributed by atoms with Crippen LogP contribution in [0.25, 0.3) is 10.9 Å². The van der Waals surface area contributed by atoms with Crippen LogP contribution in [0.15, 0.2) is 36.5 Å². The van der Waals surface area contributed by atoms with Gasteiger partial charge in [0, 0.05) is 18.7 Å². The minimum atomic E-state index is 0.118. The third kappa shape index (κ3) is 2.68. The van der Waals surface area contributed by atoms with Crippen LogP contribution in [-0.4, -0.2) is 24.7 Å². The van der Waals surface area contributed by atoms with Gasteiger partial charge in [-0.15, -0.1) is 0 Å². The molecule has 1 aromatic heterocycles. The summed E-state index contributed by atoms with van der Waals surface area (Å²) in [5.74, 6) is 0. The van der Waals surface area contributed by atoms with Crippen LogP contribution in [0.2, 0.25) is 0 Å². The van der Waals surface area contributed by atoms with E-state index in [1.54, 1.807) is 7.11 Å². The Kier molecular flexibility index (Phi) is 4.28. The number of nitrogens with zero attached hydrogens (tertiary/aromatic N) is 1. The fourth-order valence-electron chi connectivity index (χ4n) is 2.17. The summed E-state index contributed by atoms with van der Waals surface area (Å²) >= 11 is 0. The first-order chi connectivity index (χ1) is 8.76. The first-order valence-corrected chi connectivity index (χ1v) is 6.37. The average molecular weight is 244 g/mol. The number of ether oxygens (including phenoxy) is 1. The molecule has 0 radical (unpaired) electrons. The van der Waals surface area contributed by atoms with Crippen LogP contribution in [0, 0.1) is 0 Å². The molecule has 0 aliphatic heterocycles. The fourth-order valence-corrected chi connectivity index (χ4v) is 2.17. The maximum Gasteiger partial charge on any atom is 0.0738 e. The number of aromatic nitrogens is 1. The van der Waals surface area contributed by atoms with E-state index in [0.29, 0.717) is 0 Å². The molecule has 0 fully saturated rings. The second kappa shape index (κ2) is 5.94. The molecule has 3 heteroatoms. The molecule has 0 bridgehead atoms. The van der Waals surface area contributed by atoms with Crippen LogP contribution >= 0.6 is 0 Å². The summed E-state index contributed by atoms with van der Waals surface area (Å²) in [7, 11) is 1.74. The summed E-state index contributed by atoms with van der Waals surface area (Å²) in [4.78, 5) is 4.51. The lowest BCUT2D eigenvalue weighted by molar-refractivity contribution is 0.0835. The highest BCUT2D eigenvalue weighted by molar-refractivity contribution is 5.78. The van der Waals surface area contributed by atoms with Gasteiger partial charge in [-0.05, 0) is 31.2 Å². The molecule has 2 aromatic rings. The van der Waals surface area contributed by atoms with Gasteiger partial charge in [0.15, 0.2) is 0 Å². The molecule has 0 saturated heterocycles. The Balaban J connectivity index is 2.37. The predicted molar refractivity (Wildman–Crippen MR) is 74.6 cm³/mol. The number of hydrogen-bond acceptors (Lipinski definition) is 3. The van der Waals surface area contributed by atoms with E-state index in [0.717, 1.165) is 12.1 Å². The van der Waals surface area contributed by atoms with Crippen molar-refractivity contribution in [1.82, 2.24) is 10.3 Å². The number of hydrogen-bond donors (Lipinski definition) is 1. The molecule has 0 aliphatic carbocycles. The van der Waals surface area contributed by atoms with Crippen molar-refractivity contribution in [3.8, 4) is 0 Å². The molecule has 18 heavy (non-hydrogen) atoms. The molecule has 2 rings (SSSR count). The molecular weight excluding hydrogens is 224 g/mol. The van der Waals surface area contributed by atoms with Crippen LogP contribution in [0.1, 0.15) is 25.5 Å². The number of fused-ring (bicyclic) bond motifs is 1. The molecule has 0 saturated carbocycles. The second-order valence-corrected chi connectivity index (χ2v) is 4.44. The quantitative estimate of drug-likeness (QED) is 0.878. The van der Waals surface area contributed by atoms with Crippen molar-refractivity contribution in [2.24, 2.45) is 0 Å². The van der Waals surface area contributed by atoms with Crippen molar-refractivity contribution in [1.29, 1.82) is 0 Å². The number of methoxy groups -OCH3 is 1. The number of rotatable bonds is 5. The van der Waals surface area contributed by atoms with Crippen molar-refractivity contribution in [2.75, 3.05) is 13.7 Å². The summed E-state index contributed by atoms with van der Waals surface area (Å²) in [6, 6.07) is 10.5. The van der Waals surface area contributed by atoms with Crippen molar-refractivity contribution in [3.63, 3.8) is 0 Å². The first kappa shape index (κ1) is 13.0. The van der Waals surface area contributed by atoms with E-state index in [4.69, 9.17) is 4.74 Å². The highest BCUT2D eigenvalue weighted by Crippen LogP contribution is 2.21. The Morgan fingerprint density at radius 1 is 1.33 bits per heavy atom. The van der Waals surface area contributed by atoms with Gasteiger partial charge in [0.25, 0.3) is 0 Å². The topological polar surface area (TPSA) is 34.2 Å². The highest BCUT2D eigenvalue weighted by Gasteiger charge is 2.18. The van der Waals surface area contributed by atoms with E-state index in [-0.39, 0.29) is 12.1 Å². The monoisotopic (exact) mass is 244 g/mol. The fraction of sp³-hybridized carbons (Fsp3) is 0.400. The lowest BCUT2D eigenvalue weighted by Gasteiger charge is -2.24. The lowest BCUT2D eigenvalue weighted by atomic mass is 10.0. The Hall–Kier alpha value is -1.45. The minimum Gasteiger partial charge on any atom is -0.380 e. The van der Waals surface area contributed by atoms with Gasteiger partial charge >= 0.3 is 0 Å². The van der Waals surface area contributed by atoms with E-state index in [2.05, 4.69) is 36.3 Å². The van der Waals surface area contributed by atoms with E-state index >= 15 is 0 Å². The number of nitrogens with one attached hydrogen (secondary N) is 1. The first-order valence-electron chi connectivity index (χ1n) is 6.37. The summed E-state index contributed by atoms with van der Waals surface area (Å²) in [6.45, 7) is 5.08. The lowest BCUT2D eigenvalue weighted by Crippen LogP contribution is -2.31. The van der Waals surface area contributed by atoms with E-state index in [9.17, 15) is 0 Å². The van der Waals surface area contributed by atoms with Crippen LogP contribution in [-0.2, 0) is 4.74 Å². The van der Waals surface area contributed by atoms with Crippen molar-refractivity contribution in [2.45, 2.75) is 26.0 Å². The normalized spacial score (nSPS) is 14.6. The Bertz CT molecular complexity index is 513. The third-order valence-corrected chi connectivity index (χ3v) is 3.24. The zero-order valence-electron chi connectivity index (χ0n) is 11.2. The van der Waals surface area contributed by atoms with Gasteiger partial charge in [-0.2, -0.15) is 0 Å². The van der Waals surface area contributed by atoms with Gasteiger partial charge in [-0.25, -0.2) is 0 Å². The summed E-state index contributed by atoms with van der Waals surface area (Å²) < 4.78 is 5.44. The predicted octanol–water partition coefficient (Wildman–Crippen LogP) is 2.92. The Labute approximate surface area is 108 Å². The standard InChI is InChI=1S/C15H20N2O/c1-4-16-15(11(2)18-3)13-9-12-7-5-6-8-14(12)17-10-13/h5-11,15-16H,4H2,1-3H3. The van der Waals surface area contributed by atoms with E-state index in [1.165, 1.54) is 10.9 Å². The average Bonchev–Trinajstić information content (AvgIpc) is 2.43. The van der Waals surface area contributed by atoms with Gasteiger partial charge in [-0.1, -0.05) is 25.1 Å². The van der Waals surface area contributed by atoms with Gasteiger partial charge < -0.3 is 10.1 Å². The number of pyridine rings is 1. The van der Waals surface area contributed by atoms with Gasteiger partial charge in [-0.3, -0.25) is 4.98 Å². The molecule has 1 heterocycles. The van der Waals surface area contributed by atoms with Crippen LogP contribution < -0.4 is 5.32 Å².